The van der Waals surface area contributed by atoms with Gasteiger partial charge in [-0.2, -0.15) is 8.78 Å². The van der Waals surface area contributed by atoms with E-state index in [-0.39, 0.29) is 24.0 Å². The van der Waals surface area contributed by atoms with Gasteiger partial charge < -0.3 is 13.8 Å². The lowest BCUT2D eigenvalue weighted by Gasteiger charge is -2.28. The van der Waals surface area contributed by atoms with Crippen LogP contribution in [0.1, 0.15) is 72.1 Å². The van der Waals surface area contributed by atoms with Crippen molar-refractivity contribution in [3.8, 4) is 5.75 Å². The second-order valence-corrected chi connectivity index (χ2v) is 11.3. The molecule has 0 saturated carbocycles. The van der Waals surface area contributed by atoms with Crippen molar-refractivity contribution in [3.05, 3.63) is 34.9 Å². The van der Waals surface area contributed by atoms with E-state index in [1.165, 1.54) is 27.0 Å². The Bertz CT molecular complexity index is 854. The summed E-state index contributed by atoms with van der Waals surface area (Å²) in [6.45, 7) is 14.4. The Morgan fingerprint density at radius 1 is 1.00 bits per heavy atom. The number of carbonyl (C=O) groups is 1. The van der Waals surface area contributed by atoms with Crippen LogP contribution in [0.2, 0.25) is 0 Å². The summed E-state index contributed by atoms with van der Waals surface area (Å²) in [6.07, 6.45) is 1.98. The minimum atomic E-state index is -4.96. The predicted molar refractivity (Wildman–Crippen MR) is 120 cm³/mol. The predicted octanol–water partition coefficient (Wildman–Crippen LogP) is 6.73. The van der Waals surface area contributed by atoms with E-state index in [0.29, 0.717) is 17.4 Å². The molecular weight excluding hydrogens is 425 g/mol. The van der Waals surface area contributed by atoms with E-state index >= 15 is 0 Å². The largest absolute Gasteiger partial charge is 0.496 e. The molecule has 0 amide bonds. The molecule has 0 aromatic heterocycles. The summed E-state index contributed by atoms with van der Waals surface area (Å²) >= 11 is 0. The van der Waals surface area contributed by atoms with Gasteiger partial charge in [-0.1, -0.05) is 47.6 Å². The van der Waals surface area contributed by atoms with E-state index < -0.39 is 19.0 Å². The van der Waals surface area contributed by atoms with Gasteiger partial charge in [0, 0.05) is 11.1 Å². The fraction of sp³-hybridized carbons (Fsp3) is 0.609. The molecule has 1 aromatic rings. The molecule has 0 radical (unpaired) electrons. The van der Waals surface area contributed by atoms with Crippen LogP contribution in [0.15, 0.2) is 18.2 Å². The van der Waals surface area contributed by atoms with Gasteiger partial charge in [-0.3, -0.25) is 9.36 Å². The van der Waals surface area contributed by atoms with Crippen molar-refractivity contribution in [2.75, 3.05) is 20.3 Å². The van der Waals surface area contributed by atoms with Crippen molar-refractivity contribution < 1.29 is 31.9 Å². The van der Waals surface area contributed by atoms with Crippen LogP contribution in [0.3, 0.4) is 0 Å². The monoisotopic (exact) mass is 460 g/mol. The van der Waals surface area contributed by atoms with Crippen molar-refractivity contribution in [2.45, 2.75) is 71.9 Å². The van der Waals surface area contributed by atoms with Crippen LogP contribution >= 0.6 is 7.60 Å². The van der Waals surface area contributed by atoms with Gasteiger partial charge in [0.15, 0.2) is 0 Å². The lowest BCUT2D eigenvalue weighted by atomic mass is 9.79. The molecule has 1 aromatic carbocycles. The van der Waals surface area contributed by atoms with E-state index in [2.05, 4.69) is 9.05 Å². The zero-order chi connectivity index (χ0) is 24.3. The second kappa shape index (κ2) is 9.93. The van der Waals surface area contributed by atoms with Crippen molar-refractivity contribution in [2.24, 2.45) is 0 Å². The summed E-state index contributed by atoms with van der Waals surface area (Å²) in [5.41, 5.74) is -2.49. The third-order valence-corrected chi connectivity index (χ3v) is 6.75. The highest BCUT2D eigenvalue weighted by atomic mass is 31.2. The molecule has 5 nitrogen and oxygen atoms in total. The van der Waals surface area contributed by atoms with Crippen LogP contribution in [0.4, 0.5) is 8.78 Å². The summed E-state index contributed by atoms with van der Waals surface area (Å²) in [4.78, 5) is 12.4. The Labute approximate surface area is 184 Å². The fourth-order valence-corrected chi connectivity index (χ4v) is 4.36. The first-order valence-corrected chi connectivity index (χ1v) is 11.8. The third kappa shape index (κ3) is 6.24. The number of carbonyl (C=O) groups excluding carboxylic acids is 1. The zero-order valence-electron chi connectivity index (χ0n) is 20.0. The number of alkyl halides is 2. The number of halogens is 2. The summed E-state index contributed by atoms with van der Waals surface area (Å²) in [7, 11) is -3.46. The minimum absolute atomic E-state index is 0.220. The molecule has 0 aliphatic rings. The second-order valence-electron chi connectivity index (χ2n) is 9.22. The number of ketones is 1. The van der Waals surface area contributed by atoms with Crippen LogP contribution < -0.4 is 4.74 Å². The van der Waals surface area contributed by atoms with Crippen molar-refractivity contribution >= 4 is 19.5 Å². The quantitative estimate of drug-likeness (QED) is 0.302. The van der Waals surface area contributed by atoms with Crippen LogP contribution in [0.5, 0.6) is 5.75 Å². The van der Waals surface area contributed by atoms with E-state index in [1.807, 2.05) is 47.6 Å². The van der Waals surface area contributed by atoms with Gasteiger partial charge in [0.2, 0.25) is 5.78 Å². The molecule has 0 bridgehead atoms. The summed E-state index contributed by atoms with van der Waals surface area (Å²) in [5.74, 6) is -1.16. The van der Waals surface area contributed by atoms with Crippen LogP contribution in [-0.2, 0) is 29.2 Å². The van der Waals surface area contributed by atoms with Gasteiger partial charge in [-0.05, 0) is 48.5 Å². The maximum atomic E-state index is 14.7. The lowest BCUT2D eigenvalue weighted by Crippen LogP contribution is -2.29. The van der Waals surface area contributed by atoms with E-state index in [0.717, 1.165) is 11.1 Å². The van der Waals surface area contributed by atoms with E-state index in [9.17, 15) is 18.1 Å². The van der Waals surface area contributed by atoms with Crippen LogP contribution in [0, 0.1) is 0 Å². The molecule has 0 fully saturated rings. The van der Waals surface area contributed by atoms with Crippen molar-refractivity contribution in [3.63, 3.8) is 0 Å². The fourth-order valence-electron chi connectivity index (χ4n) is 2.93. The van der Waals surface area contributed by atoms with Gasteiger partial charge >= 0.3 is 13.3 Å². The molecule has 0 spiro atoms. The Balaban J connectivity index is 3.56. The maximum Gasteiger partial charge on any atom is 0.408 e. The molecule has 0 aliphatic carbocycles. The van der Waals surface area contributed by atoms with Gasteiger partial charge in [-0.25, -0.2) is 0 Å². The number of ether oxygens (including phenoxy) is 1. The molecule has 0 unspecified atom stereocenters. The van der Waals surface area contributed by atoms with Crippen LogP contribution in [0.25, 0.3) is 6.08 Å². The first kappa shape index (κ1) is 27.5. The average Bonchev–Trinajstić information content (AvgIpc) is 2.63. The van der Waals surface area contributed by atoms with Gasteiger partial charge in [0.05, 0.1) is 20.3 Å². The number of hydrogen-bond acceptors (Lipinski definition) is 5. The molecule has 0 atom stereocenters. The molecule has 0 heterocycles. The Morgan fingerprint density at radius 3 is 1.90 bits per heavy atom. The van der Waals surface area contributed by atoms with Crippen molar-refractivity contribution in [1.29, 1.82) is 0 Å². The Hall–Kier alpha value is -1.56. The number of benzene rings is 1. The van der Waals surface area contributed by atoms with Crippen molar-refractivity contribution in [1.82, 2.24) is 0 Å². The molecular formula is C23H35F2O5P. The summed E-state index contributed by atoms with van der Waals surface area (Å²) in [5, 5.41) is 0. The Morgan fingerprint density at radius 2 is 1.52 bits per heavy atom. The number of hydrogen-bond donors (Lipinski definition) is 0. The summed E-state index contributed by atoms with van der Waals surface area (Å²) < 4.78 is 56.9. The first-order valence-electron chi connectivity index (χ1n) is 10.3. The summed E-state index contributed by atoms with van der Waals surface area (Å²) in [6, 6.07) is 3.84. The van der Waals surface area contributed by atoms with E-state index in [1.54, 1.807) is 6.07 Å². The SMILES string of the molecule is CCOP(=O)(OCC)C(F)(F)C(=O)/C=C/c1cc(C(C)(C)C)cc(C(C)(C)C)c1OC. The number of methoxy groups -OCH3 is 1. The standard InChI is InChI=1S/C23H35F2O5P/c1-10-29-31(27,30-11-2)23(24,25)19(26)13-12-16-14-17(21(3,4)5)15-18(20(16)28-9)22(6,7)8/h12-15H,10-11H2,1-9H3/b13-12+. The maximum absolute atomic E-state index is 14.7. The van der Waals surface area contributed by atoms with Crippen LogP contribution in [-0.4, -0.2) is 31.8 Å². The highest BCUT2D eigenvalue weighted by Crippen LogP contribution is 2.62. The van der Waals surface area contributed by atoms with E-state index in [4.69, 9.17) is 4.74 Å². The molecule has 0 saturated heterocycles. The average molecular weight is 460 g/mol. The number of allylic oxidation sites excluding steroid dienone is 1. The lowest BCUT2D eigenvalue weighted by molar-refractivity contribution is -0.130. The highest BCUT2D eigenvalue weighted by Gasteiger charge is 2.58. The normalized spacial score (nSPS) is 13.6. The smallest absolute Gasteiger partial charge is 0.408 e. The molecule has 31 heavy (non-hydrogen) atoms. The molecule has 176 valence electrons. The highest BCUT2D eigenvalue weighted by molar-refractivity contribution is 7.56. The first-order chi connectivity index (χ1) is 14.0. The topological polar surface area (TPSA) is 61.8 Å². The Kier molecular flexibility index (Phi) is 8.80. The molecule has 0 aliphatic heterocycles. The van der Waals surface area contributed by atoms with Gasteiger partial charge in [-0.15, -0.1) is 0 Å². The molecule has 1 rings (SSSR count). The molecule has 8 heteroatoms. The third-order valence-electron chi connectivity index (χ3n) is 4.65. The minimum Gasteiger partial charge on any atom is -0.496 e. The zero-order valence-corrected chi connectivity index (χ0v) is 20.9. The van der Waals surface area contributed by atoms with Gasteiger partial charge in [0.25, 0.3) is 0 Å². The number of rotatable bonds is 9. The van der Waals surface area contributed by atoms with Gasteiger partial charge in [0.1, 0.15) is 5.75 Å². The molecule has 0 N–H and O–H groups in total.